The number of carbonyl (C=O) groups excluding carboxylic acids is 1. The highest BCUT2D eigenvalue weighted by Crippen LogP contribution is 2.32. The van der Waals surface area contributed by atoms with Crippen molar-refractivity contribution >= 4 is 17.5 Å². The zero-order valence-electron chi connectivity index (χ0n) is 12.0. The average Bonchev–Trinajstić information content (AvgIpc) is 3.15. The standard InChI is InChI=1S/C14H14ClF3N4O/c15-9-4-11(19-6-9)13(23)22-3-1-2-8(7-22)10-5-12(21-20-10)14(16,17)18/h4-6,8,19H,1-3,7H2,(H,20,21). The molecule has 23 heavy (non-hydrogen) atoms. The van der Waals surface area contributed by atoms with E-state index in [2.05, 4.69) is 15.2 Å². The van der Waals surface area contributed by atoms with E-state index in [-0.39, 0.29) is 11.8 Å². The number of hydrogen-bond donors (Lipinski definition) is 2. The molecular weight excluding hydrogens is 333 g/mol. The van der Waals surface area contributed by atoms with Crippen LogP contribution >= 0.6 is 11.6 Å². The number of carbonyl (C=O) groups is 1. The van der Waals surface area contributed by atoms with Gasteiger partial charge in [-0.15, -0.1) is 0 Å². The van der Waals surface area contributed by atoms with Crippen LogP contribution < -0.4 is 0 Å². The minimum absolute atomic E-state index is 0.193. The summed E-state index contributed by atoms with van der Waals surface area (Å²) >= 11 is 5.79. The lowest BCUT2D eigenvalue weighted by atomic mass is 9.94. The molecule has 1 aliphatic rings. The third-order valence-corrected chi connectivity index (χ3v) is 4.13. The van der Waals surface area contributed by atoms with Crippen LogP contribution in [0.2, 0.25) is 5.02 Å². The maximum atomic E-state index is 12.6. The van der Waals surface area contributed by atoms with E-state index in [1.54, 1.807) is 4.90 Å². The van der Waals surface area contributed by atoms with Crippen molar-refractivity contribution in [2.45, 2.75) is 24.9 Å². The van der Waals surface area contributed by atoms with Gasteiger partial charge in [0.1, 0.15) is 5.69 Å². The van der Waals surface area contributed by atoms with E-state index in [0.29, 0.717) is 42.3 Å². The number of alkyl halides is 3. The van der Waals surface area contributed by atoms with E-state index >= 15 is 0 Å². The molecule has 0 bridgehead atoms. The van der Waals surface area contributed by atoms with Gasteiger partial charge in [0.2, 0.25) is 0 Å². The van der Waals surface area contributed by atoms with E-state index in [1.807, 2.05) is 0 Å². The van der Waals surface area contributed by atoms with Gasteiger partial charge < -0.3 is 9.88 Å². The number of amides is 1. The van der Waals surface area contributed by atoms with Crippen LogP contribution in [0.15, 0.2) is 18.3 Å². The summed E-state index contributed by atoms with van der Waals surface area (Å²) in [5.74, 6) is -0.404. The summed E-state index contributed by atoms with van der Waals surface area (Å²) in [5, 5.41) is 6.20. The normalized spacial score (nSPS) is 19.1. The predicted molar refractivity (Wildman–Crippen MR) is 77.3 cm³/mol. The fourth-order valence-electron chi connectivity index (χ4n) is 2.77. The molecule has 1 atom stereocenters. The Hall–Kier alpha value is -1.96. The molecule has 5 nitrogen and oxygen atoms in total. The topological polar surface area (TPSA) is 64.8 Å². The van der Waals surface area contributed by atoms with Crippen molar-refractivity contribution in [3.8, 4) is 0 Å². The Kier molecular flexibility index (Phi) is 4.09. The lowest BCUT2D eigenvalue weighted by Gasteiger charge is -2.32. The fourth-order valence-corrected chi connectivity index (χ4v) is 2.93. The molecular formula is C14H14ClF3N4O. The Balaban J connectivity index is 1.73. The van der Waals surface area contributed by atoms with Crippen molar-refractivity contribution < 1.29 is 18.0 Å². The quantitative estimate of drug-likeness (QED) is 0.875. The van der Waals surface area contributed by atoms with Gasteiger partial charge in [-0.1, -0.05) is 11.6 Å². The number of hydrogen-bond acceptors (Lipinski definition) is 2. The Morgan fingerprint density at radius 1 is 1.39 bits per heavy atom. The highest BCUT2D eigenvalue weighted by Gasteiger charge is 2.35. The fraction of sp³-hybridized carbons (Fsp3) is 0.429. The lowest BCUT2D eigenvalue weighted by molar-refractivity contribution is -0.141. The maximum Gasteiger partial charge on any atom is 0.435 e. The van der Waals surface area contributed by atoms with Gasteiger partial charge in [0.15, 0.2) is 5.69 Å². The lowest BCUT2D eigenvalue weighted by Crippen LogP contribution is -2.39. The zero-order chi connectivity index (χ0) is 16.6. The molecule has 0 aliphatic carbocycles. The summed E-state index contributed by atoms with van der Waals surface area (Å²) in [5.41, 5.74) is -0.164. The minimum Gasteiger partial charge on any atom is -0.356 e. The van der Waals surface area contributed by atoms with Gasteiger partial charge in [-0.05, 0) is 25.0 Å². The Labute approximate surface area is 134 Å². The summed E-state index contributed by atoms with van der Waals surface area (Å²) in [7, 11) is 0. The number of nitrogens with one attached hydrogen (secondary N) is 2. The number of piperidine rings is 1. The first kappa shape index (κ1) is 15.9. The molecule has 0 radical (unpaired) electrons. The summed E-state index contributed by atoms with van der Waals surface area (Å²) < 4.78 is 37.9. The predicted octanol–water partition coefficient (Wildman–Crippen LogP) is 3.43. The second kappa shape index (κ2) is 5.92. The molecule has 1 fully saturated rings. The summed E-state index contributed by atoms with van der Waals surface area (Å²) in [4.78, 5) is 16.8. The number of nitrogens with zero attached hydrogens (tertiary/aromatic N) is 2. The van der Waals surface area contributed by atoms with Gasteiger partial charge in [0.05, 0.1) is 5.02 Å². The van der Waals surface area contributed by atoms with Crippen molar-refractivity contribution in [2.24, 2.45) is 0 Å². The SMILES string of the molecule is O=C(c1cc(Cl)c[nH]1)N1CCCC(c2cc(C(F)(F)F)n[nH]2)C1. The molecule has 124 valence electrons. The van der Waals surface area contributed by atoms with E-state index in [0.717, 1.165) is 6.07 Å². The van der Waals surface area contributed by atoms with E-state index in [4.69, 9.17) is 11.6 Å². The van der Waals surface area contributed by atoms with Gasteiger partial charge in [-0.25, -0.2) is 0 Å². The maximum absolute atomic E-state index is 12.6. The molecule has 1 amide bonds. The molecule has 9 heteroatoms. The molecule has 2 N–H and O–H groups in total. The molecule has 0 spiro atoms. The first-order valence-corrected chi connectivity index (χ1v) is 7.48. The molecule has 3 rings (SSSR count). The van der Waals surface area contributed by atoms with Crippen molar-refractivity contribution in [1.29, 1.82) is 0 Å². The number of halogens is 4. The number of likely N-dealkylation sites (tertiary alicyclic amines) is 1. The molecule has 2 aromatic rings. The minimum atomic E-state index is -4.47. The van der Waals surface area contributed by atoms with E-state index in [1.165, 1.54) is 12.3 Å². The van der Waals surface area contributed by atoms with Gasteiger partial charge in [-0.3, -0.25) is 9.89 Å². The zero-order valence-corrected chi connectivity index (χ0v) is 12.7. The highest BCUT2D eigenvalue weighted by atomic mass is 35.5. The Morgan fingerprint density at radius 3 is 2.78 bits per heavy atom. The van der Waals surface area contributed by atoms with Crippen LogP contribution in [0.1, 0.15) is 40.6 Å². The van der Waals surface area contributed by atoms with Crippen molar-refractivity contribution in [3.05, 3.63) is 40.4 Å². The second-order valence-corrected chi connectivity index (χ2v) is 5.96. The van der Waals surface area contributed by atoms with E-state index in [9.17, 15) is 18.0 Å². The van der Waals surface area contributed by atoms with Crippen LogP contribution in [0.25, 0.3) is 0 Å². The smallest absolute Gasteiger partial charge is 0.356 e. The van der Waals surface area contributed by atoms with Crippen LogP contribution in [0.4, 0.5) is 13.2 Å². The third-order valence-electron chi connectivity index (χ3n) is 3.91. The average molecular weight is 347 g/mol. The van der Waals surface area contributed by atoms with Crippen molar-refractivity contribution in [1.82, 2.24) is 20.1 Å². The molecule has 1 aliphatic heterocycles. The molecule has 3 heterocycles. The van der Waals surface area contributed by atoms with Gasteiger partial charge in [0, 0.05) is 30.9 Å². The summed E-state index contributed by atoms with van der Waals surface area (Å²) in [6.07, 6.45) is -1.54. The van der Waals surface area contributed by atoms with Crippen LogP contribution in [0.5, 0.6) is 0 Å². The van der Waals surface area contributed by atoms with E-state index < -0.39 is 11.9 Å². The molecule has 1 saturated heterocycles. The van der Waals surface area contributed by atoms with Crippen molar-refractivity contribution in [3.63, 3.8) is 0 Å². The molecule has 2 aromatic heterocycles. The van der Waals surface area contributed by atoms with Gasteiger partial charge in [0.25, 0.3) is 5.91 Å². The monoisotopic (exact) mass is 346 g/mol. The molecule has 1 unspecified atom stereocenters. The Morgan fingerprint density at radius 2 is 2.17 bits per heavy atom. The Bertz CT molecular complexity index is 709. The van der Waals surface area contributed by atoms with Crippen LogP contribution in [0, 0.1) is 0 Å². The second-order valence-electron chi connectivity index (χ2n) is 5.53. The first-order valence-electron chi connectivity index (χ1n) is 7.10. The largest absolute Gasteiger partial charge is 0.435 e. The molecule has 0 saturated carbocycles. The van der Waals surface area contributed by atoms with Crippen LogP contribution in [-0.2, 0) is 6.18 Å². The summed E-state index contributed by atoms with van der Waals surface area (Å²) in [6.45, 7) is 0.904. The first-order chi connectivity index (χ1) is 10.8. The van der Waals surface area contributed by atoms with Gasteiger partial charge >= 0.3 is 6.18 Å². The number of aromatic amines is 2. The number of aromatic nitrogens is 3. The number of rotatable bonds is 2. The number of H-pyrrole nitrogens is 2. The van der Waals surface area contributed by atoms with Gasteiger partial charge in [-0.2, -0.15) is 18.3 Å². The highest BCUT2D eigenvalue weighted by molar-refractivity contribution is 6.30. The third kappa shape index (κ3) is 3.36. The molecule has 0 aromatic carbocycles. The summed E-state index contributed by atoms with van der Waals surface area (Å²) in [6, 6.07) is 2.55. The van der Waals surface area contributed by atoms with Crippen LogP contribution in [-0.4, -0.2) is 39.1 Å². The van der Waals surface area contributed by atoms with Crippen molar-refractivity contribution in [2.75, 3.05) is 13.1 Å². The van der Waals surface area contributed by atoms with Crippen LogP contribution in [0.3, 0.4) is 0 Å².